The number of carbonyl (C=O) groups excluding carboxylic acids is 1. The van der Waals surface area contributed by atoms with Gasteiger partial charge in [-0.05, 0) is 43.5 Å². The van der Waals surface area contributed by atoms with E-state index in [0.717, 1.165) is 60.7 Å². The standard InChI is InChI=1S/C21H26N4O2/c1-27-17-7-4-15(5-8-17)6-9-20(26)25-12-10-18-16(14-25)13-23-21(24-18)19-3-2-11-22-19/h4-5,7-8,13,19,22H,2-3,6,9-12,14H2,1H3/t19-/m1/s1. The van der Waals surface area contributed by atoms with Crippen LogP contribution in [0, 0.1) is 0 Å². The van der Waals surface area contributed by atoms with Crippen LogP contribution in [0.5, 0.6) is 5.75 Å². The second-order valence-corrected chi connectivity index (χ2v) is 7.26. The minimum Gasteiger partial charge on any atom is -0.497 e. The highest BCUT2D eigenvalue weighted by molar-refractivity contribution is 5.76. The molecule has 1 saturated heterocycles. The summed E-state index contributed by atoms with van der Waals surface area (Å²) in [5, 5.41) is 3.45. The molecule has 1 fully saturated rings. The van der Waals surface area contributed by atoms with Crippen molar-refractivity contribution in [2.75, 3.05) is 20.2 Å². The molecule has 0 aliphatic carbocycles. The molecule has 2 aliphatic heterocycles. The molecule has 6 heteroatoms. The number of ether oxygens (including phenoxy) is 1. The molecule has 1 atom stereocenters. The number of rotatable bonds is 5. The monoisotopic (exact) mass is 366 g/mol. The van der Waals surface area contributed by atoms with E-state index in [4.69, 9.17) is 9.72 Å². The van der Waals surface area contributed by atoms with Crippen molar-refractivity contribution in [1.29, 1.82) is 0 Å². The molecule has 0 bridgehead atoms. The first-order valence-electron chi connectivity index (χ1n) is 9.71. The van der Waals surface area contributed by atoms with Crippen LogP contribution in [0.4, 0.5) is 0 Å². The quantitative estimate of drug-likeness (QED) is 0.880. The minimum absolute atomic E-state index is 0.193. The Hall–Kier alpha value is -2.47. The first-order chi connectivity index (χ1) is 13.2. The van der Waals surface area contributed by atoms with Crippen LogP contribution in [0.1, 0.15) is 47.9 Å². The van der Waals surface area contributed by atoms with Crippen molar-refractivity contribution >= 4 is 5.91 Å². The molecule has 1 aromatic carbocycles. The molecule has 0 saturated carbocycles. The highest BCUT2D eigenvalue weighted by Crippen LogP contribution is 2.23. The lowest BCUT2D eigenvalue weighted by atomic mass is 10.0. The lowest BCUT2D eigenvalue weighted by molar-refractivity contribution is -0.132. The Kier molecular flexibility index (Phi) is 5.34. The second kappa shape index (κ2) is 8.05. The van der Waals surface area contributed by atoms with Crippen LogP contribution in [0.2, 0.25) is 0 Å². The largest absolute Gasteiger partial charge is 0.497 e. The van der Waals surface area contributed by atoms with Gasteiger partial charge in [0.15, 0.2) is 0 Å². The first-order valence-corrected chi connectivity index (χ1v) is 9.71. The number of amides is 1. The molecule has 1 aromatic heterocycles. The summed E-state index contributed by atoms with van der Waals surface area (Å²) in [7, 11) is 1.66. The van der Waals surface area contributed by atoms with Gasteiger partial charge in [-0.3, -0.25) is 4.79 Å². The first kappa shape index (κ1) is 17.9. The Morgan fingerprint density at radius 2 is 2.19 bits per heavy atom. The van der Waals surface area contributed by atoms with Crippen LogP contribution in [0.25, 0.3) is 0 Å². The zero-order valence-electron chi connectivity index (χ0n) is 15.8. The minimum atomic E-state index is 0.193. The lowest BCUT2D eigenvalue weighted by Crippen LogP contribution is -2.37. The number of aromatic nitrogens is 2. The summed E-state index contributed by atoms with van der Waals surface area (Å²) in [6, 6.07) is 8.20. The fourth-order valence-electron chi connectivity index (χ4n) is 3.82. The zero-order valence-corrected chi connectivity index (χ0v) is 15.8. The van der Waals surface area contributed by atoms with Gasteiger partial charge in [0.1, 0.15) is 11.6 Å². The van der Waals surface area contributed by atoms with Gasteiger partial charge in [-0.15, -0.1) is 0 Å². The van der Waals surface area contributed by atoms with Crippen molar-refractivity contribution in [2.24, 2.45) is 0 Å². The van der Waals surface area contributed by atoms with E-state index in [0.29, 0.717) is 19.0 Å². The Bertz CT molecular complexity index is 800. The highest BCUT2D eigenvalue weighted by atomic mass is 16.5. The van der Waals surface area contributed by atoms with Crippen LogP contribution in [-0.4, -0.2) is 41.0 Å². The SMILES string of the molecule is COc1ccc(CCC(=O)N2CCc3nc([C@H]4CCCN4)ncc3C2)cc1. The van der Waals surface area contributed by atoms with Crippen molar-refractivity contribution in [3.8, 4) is 5.75 Å². The number of benzene rings is 1. The molecule has 3 heterocycles. The molecular formula is C21H26N4O2. The molecule has 2 aromatic rings. The average molecular weight is 366 g/mol. The van der Waals surface area contributed by atoms with E-state index < -0.39 is 0 Å². The number of nitrogens with one attached hydrogen (secondary N) is 1. The number of fused-ring (bicyclic) bond motifs is 1. The van der Waals surface area contributed by atoms with E-state index in [1.54, 1.807) is 7.11 Å². The van der Waals surface area contributed by atoms with Crippen LogP contribution >= 0.6 is 0 Å². The highest BCUT2D eigenvalue weighted by Gasteiger charge is 2.24. The lowest BCUT2D eigenvalue weighted by Gasteiger charge is -2.28. The maximum Gasteiger partial charge on any atom is 0.223 e. The molecule has 4 rings (SSSR count). The molecule has 0 spiro atoms. The van der Waals surface area contributed by atoms with E-state index in [1.807, 2.05) is 35.4 Å². The number of aryl methyl sites for hydroxylation is 1. The van der Waals surface area contributed by atoms with E-state index in [-0.39, 0.29) is 5.91 Å². The van der Waals surface area contributed by atoms with Crippen LogP contribution in [0.3, 0.4) is 0 Å². The Morgan fingerprint density at radius 1 is 1.33 bits per heavy atom. The fourth-order valence-corrected chi connectivity index (χ4v) is 3.82. The Balaban J connectivity index is 1.34. The van der Waals surface area contributed by atoms with Gasteiger partial charge >= 0.3 is 0 Å². The topological polar surface area (TPSA) is 67.3 Å². The van der Waals surface area contributed by atoms with Gasteiger partial charge in [0, 0.05) is 37.7 Å². The molecule has 27 heavy (non-hydrogen) atoms. The van der Waals surface area contributed by atoms with Crippen LogP contribution in [0.15, 0.2) is 30.5 Å². The third kappa shape index (κ3) is 4.11. The molecule has 1 N–H and O–H groups in total. The molecule has 0 radical (unpaired) electrons. The maximum absolute atomic E-state index is 12.6. The third-order valence-corrected chi connectivity index (χ3v) is 5.46. The summed E-state index contributed by atoms with van der Waals surface area (Å²) in [5.74, 6) is 1.94. The van der Waals surface area contributed by atoms with Crippen molar-refractivity contribution < 1.29 is 9.53 Å². The molecule has 6 nitrogen and oxygen atoms in total. The number of methoxy groups -OCH3 is 1. The van der Waals surface area contributed by atoms with E-state index >= 15 is 0 Å². The van der Waals surface area contributed by atoms with E-state index in [1.165, 1.54) is 6.42 Å². The van der Waals surface area contributed by atoms with Gasteiger partial charge in [0.05, 0.1) is 18.8 Å². The van der Waals surface area contributed by atoms with Gasteiger partial charge in [-0.2, -0.15) is 0 Å². The zero-order chi connectivity index (χ0) is 18.6. The van der Waals surface area contributed by atoms with Crippen molar-refractivity contribution in [3.05, 3.63) is 53.1 Å². The van der Waals surface area contributed by atoms with Crippen LogP contribution < -0.4 is 10.1 Å². The summed E-state index contributed by atoms with van der Waals surface area (Å²) >= 11 is 0. The number of carbonyl (C=O) groups is 1. The smallest absolute Gasteiger partial charge is 0.223 e. The number of hydrogen-bond donors (Lipinski definition) is 1. The molecule has 2 aliphatic rings. The van der Waals surface area contributed by atoms with Crippen LogP contribution in [-0.2, 0) is 24.2 Å². The van der Waals surface area contributed by atoms with Crippen molar-refractivity contribution in [1.82, 2.24) is 20.2 Å². The predicted molar refractivity (Wildman–Crippen MR) is 102 cm³/mol. The maximum atomic E-state index is 12.6. The van der Waals surface area contributed by atoms with Gasteiger partial charge in [0.2, 0.25) is 5.91 Å². The summed E-state index contributed by atoms with van der Waals surface area (Å²) in [5.41, 5.74) is 3.34. The summed E-state index contributed by atoms with van der Waals surface area (Å²) in [6.45, 7) is 2.40. The van der Waals surface area contributed by atoms with E-state index in [2.05, 4.69) is 10.3 Å². The van der Waals surface area contributed by atoms with E-state index in [9.17, 15) is 4.79 Å². The van der Waals surface area contributed by atoms with Crippen molar-refractivity contribution in [2.45, 2.75) is 44.7 Å². The fraction of sp³-hybridized carbons (Fsp3) is 0.476. The molecule has 1 amide bonds. The summed E-state index contributed by atoms with van der Waals surface area (Å²) in [4.78, 5) is 23.9. The average Bonchev–Trinajstić information content (AvgIpc) is 3.26. The molecular weight excluding hydrogens is 340 g/mol. The third-order valence-electron chi connectivity index (χ3n) is 5.46. The molecule has 0 unspecified atom stereocenters. The van der Waals surface area contributed by atoms with Gasteiger partial charge in [-0.1, -0.05) is 12.1 Å². The Morgan fingerprint density at radius 3 is 2.93 bits per heavy atom. The van der Waals surface area contributed by atoms with Crippen molar-refractivity contribution in [3.63, 3.8) is 0 Å². The van der Waals surface area contributed by atoms with Gasteiger partial charge in [0.25, 0.3) is 0 Å². The Labute approximate surface area is 160 Å². The second-order valence-electron chi connectivity index (χ2n) is 7.26. The normalized spacial score (nSPS) is 19.0. The summed E-state index contributed by atoms with van der Waals surface area (Å²) in [6.07, 6.45) is 6.28. The predicted octanol–water partition coefficient (Wildman–Crippen LogP) is 2.43. The van der Waals surface area contributed by atoms with Gasteiger partial charge < -0.3 is 15.0 Å². The van der Waals surface area contributed by atoms with Gasteiger partial charge in [-0.25, -0.2) is 9.97 Å². The molecule has 142 valence electrons. The number of hydrogen-bond acceptors (Lipinski definition) is 5. The number of nitrogens with zero attached hydrogens (tertiary/aromatic N) is 3. The summed E-state index contributed by atoms with van der Waals surface area (Å²) < 4.78 is 5.17.